The maximum absolute atomic E-state index is 13.8. The number of piperazine rings is 1. The number of carbonyl (C=O) groups is 2. The molecule has 2 aromatic carbocycles. The first-order valence-electron chi connectivity index (χ1n) is 10.8. The van der Waals surface area contributed by atoms with Crippen LogP contribution in [0.5, 0.6) is 0 Å². The zero-order valence-electron chi connectivity index (χ0n) is 18.0. The van der Waals surface area contributed by atoms with E-state index in [1.165, 1.54) is 0 Å². The van der Waals surface area contributed by atoms with Crippen molar-refractivity contribution in [3.05, 3.63) is 70.4 Å². The third-order valence-corrected chi connectivity index (χ3v) is 6.93. The van der Waals surface area contributed by atoms with Crippen molar-refractivity contribution in [3.8, 4) is 0 Å². The second-order valence-electron chi connectivity index (χ2n) is 9.22. The van der Waals surface area contributed by atoms with Gasteiger partial charge in [-0.3, -0.25) is 9.59 Å². The summed E-state index contributed by atoms with van der Waals surface area (Å²) in [4.78, 5) is 34.1. The molecule has 2 aliphatic heterocycles. The van der Waals surface area contributed by atoms with Gasteiger partial charge in [0.1, 0.15) is 0 Å². The van der Waals surface area contributed by atoms with Gasteiger partial charge in [-0.25, -0.2) is 0 Å². The van der Waals surface area contributed by atoms with Crippen LogP contribution in [0.2, 0.25) is 5.02 Å². The molecule has 1 saturated heterocycles. The number of carbonyl (C=O) groups excluding carboxylic acids is 2. The van der Waals surface area contributed by atoms with E-state index in [0.717, 1.165) is 27.7 Å². The lowest BCUT2D eigenvalue weighted by atomic mass is 9.76. The van der Waals surface area contributed by atoms with E-state index < -0.39 is 5.54 Å². The van der Waals surface area contributed by atoms with Gasteiger partial charge in [0.15, 0.2) is 5.54 Å². The lowest BCUT2D eigenvalue weighted by molar-refractivity contribution is -0.166. The van der Waals surface area contributed by atoms with Crippen molar-refractivity contribution in [1.82, 2.24) is 14.8 Å². The average molecular weight is 436 g/mol. The molecule has 0 radical (unpaired) electrons. The average Bonchev–Trinajstić information content (AvgIpc) is 3.13. The standard InChI is InChI=1S/C25H26ClN3O2/c1-15(2)12-28-14-21(30)29-13-19(16-8-10-17(26)11-9-16)22-18-6-4-5-7-20(18)27-23(22)25(29,3)24(28)31/h4-11,15,19,27H,12-14H2,1-3H3. The number of nitrogens with one attached hydrogen (secondary N) is 1. The molecule has 2 amide bonds. The van der Waals surface area contributed by atoms with Gasteiger partial charge in [0, 0.05) is 34.9 Å². The molecule has 0 aliphatic carbocycles. The molecule has 1 aromatic heterocycles. The maximum Gasteiger partial charge on any atom is 0.254 e. The quantitative estimate of drug-likeness (QED) is 0.658. The number of hydrogen-bond acceptors (Lipinski definition) is 2. The van der Waals surface area contributed by atoms with E-state index in [0.29, 0.717) is 24.0 Å². The van der Waals surface area contributed by atoms with Crippen molar-refractivity contribution in [2.45, 2.75) is 32.2 Å². The number of para-hydroxylation sites is 1. The number of halogens is 1. The predicted octanol–water partition coefficient (Wildman–Crippen LogP) is 4.51. The third kappa shape index (κ3) is 2.98. The zero-order chi connectivity index (χ0) is 21.9. The fourth-order valence-electron chi connectivity index (χ4n) is 5.26. The molecule has 31 heavy (non-hydrogen) atoms. The van der Waals surface area contributed by atoms with Crippen molar-refractivity contribution in [2.24, 2.45) is 5.92 Å². The van der Waals surface area contributed by atoms with Gasteiger partial charge < -0.3 is 14.8 Å². The summed E-state index contributed by atoms with van der Waals surface area (Å²) in [7, 11) is 0. The molecule has 3 aromatic rings. The number of aromatic nitrogens is 1. The van der Waals surface area contributed by atoms with E-state index in [1.54, 1.807) is 9.80 Å². The van der Waals surface area contributed by atoms with E-state index in [4.69, 9.17) is 11.6 Å². The number of amides is 2. The second-order valence-corrected chi connectivity index (χ2v) is 9.66. The Labute approximate surface area is 187 Å². The molecule has 2 atom stereocenters. The van der Waals surface area contributed by atoms with Gasteiger partial charge in [-0.2, -0.15) is 0 Å². The summed E-state index contributed by atoms with van der Waals surface area (Å²) >= 11 is 6.14. The second kappa shape index (κ2) is 7.13. The molecule has 5 rings (SSSR count). The van der Waals surface area contributed by atoms with Crippen LogP contribution in [-0.2, 0) is 15.1 Å². The molecule has 160 valence electrons. The summed E-state index contributed by atoms with van der Waals surface area (Å²) in [6.45, 7) is 7.20. The van der Waals surface area contributed by atoms with Crippen LogP contribution in [0.4, 0.5) is 0 Å². The molecular weight excluding hydrogens is 410 g/mol. The van der Waals surface area contributed by atoms with Crippen LogP contribution in [0.1, 0.15) is 43.5 Å². The summed E-state index contributed by atoms with van der Waals surface area (Å²) in [5, 5.41) is 1.77. The van der Waals surface area contributed by atoms with E-state index >= 15 is 0 Å². The van der Waals surface area contributed by atoms with E-state index in [-0.39, 0.29) is 24.3 Å². The van der Waals surface area contributed by atoms with Crippen LogP contribution in [-0.4, -0.2) is 46.2 Å². The Morgan fingerprint density at radius 2 is 1.84 bits per heavy atom. The number of rotatable bonds is 3. The molecule has 1 N–H and O–H groups in total. The highest BCUT2D eigenvalue weighted by Crippen LogP contribution is 2.48. The number of hydrogen-bond donors (Lipinski definition) is 1. The number of H-pyrrole nitrogens is 1. The summed E-state index contributed by atoms with van der Waals surface area (Å²) < 4.78 is 0. The monoisotopic (exact) mass is 435 g/mol. The van der Waals surface area contributed by atoms with Crippen molar-refractivity contribution in [2.75, 3.05) is 19.6 Å². The minimum Gasteiger partial charge on any atom is -0.356 e. The van der Waals surface area contributed by atoms with Crippen molar-refractivity contribution in [1.29, 1.82) is 0 Å². The van der Waals surface area contributed by atoms with Gasteiger partial charge in [0.25, 0.3) is 5.91 Å². The first kappa shape index (κ1) is 20.1. The Morgan fingerprint density at radius 3 is 2.55 bits per heavy atom. The van der Waals surface area contributed by atoms with Gasteiger partial charge in [0.2, 0.25) is 5.91 Å². The van der Waals surface area contributed by atoms with Crippen LogP contribution in [0, 0.1) is 5.92 Å². The lowest BCUT2D eigenvalue weighted by Crippen LogP contribution is -2.67. The Balaban J connectivity index is 1.73. The summed E-state index contributed by atoms with van der Waals surface area (Å²) in [5.41, 5.74) is 2.95. The third-order valence-electron chi connectivity index (χ3n) is 6.68. The lowest BCUT2D eigenvalue weighted by Gasteiger charge is -2.51. The van der Waals surface area contributed by atoms with Crippen LogP contribution in [0.15, 0.2) is 48.5 Å². The first-order valence-corrected chi connectivity index (χ1v) is 11.1. The number of benzene rings is 2. The molecule has 6 heteroatoms. The molecule has 2 aliphatic rings. The van der Waals surface area contributed by atoms with E-state index in [9.17, 15) is 9.59 Å². The van der Waals surface area contributed by atoms with Gasteiger partial charge in [-0.1, -0.05) is 55.8 Å². The van der Waals surface area contributed by atoms with E-state index in [1.807, 2.05) is 49.4 Å². The highest BCUT2D eigenvalue weighted by atomic mass is 35.5. The van der Waals surface area contributed by atoms with Gasteiger partial charge in [0.05, 0.1) is 12.2 Å². The van der Waals surface area contributed by atoms with Crippen LogP contribution in [0.25, 0.3) is 10.9 Å². The number of fused-ring (bicyclic) bond motifs is 5. The summed E-state index contributed by atoms with van der Waals surface area (Å²) in [6.07, 6.45) is 0. The number of nitrogens with zero attached hydrogens (tertiary/aromatic N) is 2. The molecule has 0 bridgehead atoms. The number of aromatic amines is 1. The molecule has 0 saturated carbocycles. The highest BCUT2D eigenvalue weighted by molar-refractivity contribution is 6.30. The zero-order valence-corrected chi connectivity index (χ0v) is 18.7. The Kier molecular flexibility index (Phi) is 4.63. The molecule has 0 spiro atoms. The topological polar surface area (TPSA) is 56.4 Å². The van der Waals surface area contributed by atoms with Gasteiger partial charge in [-0.15, -0.1) is 0 Å². The largest absolute Gasteiger partial charge is 0.356 e. The highest BCUT2D eigenvalue weighted by Gasteiger charge is 2.56. The SMILES string of the molecule is CC(C)CN1CC(=O)N2CC(c3ccc(Cl)cc3)c3c([nH]c4ccccc34)C2(C)C1=O. The fourth-order valence-corrected chi connectivity index (χ4v) is 5.38. The smallest absolute Gasteiger partial charge is 0.254 e. The van der Waals surface area contributed by atoms with Crippen LogP contribution in [0.3, 0.4) is 0 Å². The Morgan fingerprint density at radius 1 is 1.13 bits per heavy atom. The molecule has 5 nitrogen and oxygen atoms in total. The Hall–Kier alpha value is -2.79. The van der Waals surface area contributed by atoms with E-state index in [2.05, 4.69) is 24.9 Å². The summed E-state index contributed by atoms with van der Waals surface area (Å²) in [5.74, 6) is 0.235. The van der Waals surface area contributed by atoms with Crippen molar-refractivity contribution >= 4 is 34.3 Å². The molecule has 2 unspecified atom stereocenters. The molecule has 1 fully saturated rings. The Bertz CT molecular complexity index is 1180. The normalized spacial score (nSPS) is 23.5. The molecular formula is C25H26ClN3O2. The minimum atomic E-state index is -1.04. The maximum atomic E-state index is 13.8. The van der Waals surface area contributed by atoms with Gasteiger partial charge in [-0.05, 0) is 42.2 Å². The van der Waals surface area contributed by atoms with Gasteiger partial charge >= 0.3 is 0 Å². The van der Waals surface area contributed by atoms with Crippen LogP contribution < -0.4 is 0 Å². The predicted molar refractivity (Wildman–Crippen MR) is 122 cm³/mol. The minimum absolute atomic E-state index is 0.00832. The summed E-state index contributed by atoms with van der Waals surface area (Å²) in [6, 6.07) is 15.9. The molecule has 3 heterocycles. The van der Waals surface area contributed by atoms with Crippen LogP contribution >= 0.6 is 11.6 Å². The fraction of sp³-hybridized carbons (Fsp3) is 0.360. The first-order chi connectivity index (χ1) is 14.8. The van der Waals surface area contributed by atoms with Crippen molar-refractivity contribution in [3.63, 3.8) is 0 Å². The van der Waals surface area contributed by atoms with Crippen molar-refractivity contribution < 1.29 is 9.59 Å².